The number of hydrogen-bond acceptors (Lipinski definition) is 1. The normalized spacial score (nSPS) is 14.7. The fourth-order valence-electron chi connectivity index (χ4n) is 2.42. The van der Waals surface area contributed by atoms with E-state index in [4.69, 9.17) is 0 Å². The highest BCUT2D eigenvalue weighted by molar-refractivity contribution is 5.30. The fraction of sp³-hybridized carbons (Fsp3) is 0.667. The quantitative estimate of drug-likeness (QED) is 0.761. The predicted molar refractivity (Wildman–Crippen MR) is 85.7 cm³/mol. The molecule has 2 atom stereocenters. The highest BCUT2D eigenvalue weighted by Gasteiger charge is 2.19. The first kappa shape index (κ1) is 16.2. The number of aryl methyl sites for hydroxylation is 2. The Balaban J connectivity index is 2.77. The first-order valence-corrected chi connectivity index (χ1v) is 7.75. The summed E-state index contributed by atoms with van der Waals surface area (Å²) >= 11 is 0. The van der Waals surface area contributed by atoms with Crippen LogP contribution in [0.25, 0.3) is 0 Å². The van der Waals surface area contributed by atoms with Crippen LogP contribution in [0.2, 0.25) is 0 Å². The topological polar surface area (TPSA) is 12.0 Å². The van der Waals surface area contributed by atoms with Crippen LogP contribution in [0.1, 0.15) is 50.8 Å². The van der Waals surface area contributed by atoms with E-state index in [1.54, 1.807) is 0 Å². The lowest BCUT2D eigenvalue weighted by Crippen LogP contribution is -2.39. The van der Waals surface area contributed by atoms with Gasteiger partial charge in [0.05, 0.1) is 0 Å². The first-order chi connectivity index (χ1) is 8.95. The van der Waals surface area contributed by atoms with Crippen molar-refractivity contribution in [1.29, 1.82) is 0 Å². The van der Waals surface area contributed by atoms with Crippen molar-refractivity contribution in [1.82, 2.24) is 5.32 Å². The van der Waals surface area contributed by atoms with Crippen LogP contribution in [0.4, 0.5) is 0 Å². The van der Waals surface area contributed by atoms with Crippen molar-refractivity contribution in [3.63, 3.8) is 0 Å². The molecule has 0 aliphatic heterocycles. The fourth-order valence-corrected chi connectivity index (χ4v) is 2.42. The molecule has 1 rings (SSSR count). The van der Waals surface area contributed by atoms with Gasteiger partial charge in [-0.3, -0.25) is 0 Å². The van der Waals surface area contributed by atoms with Gasteiger partial charge in [-0.2, -0.15) is 0 Å². The lowest BCUT2D eigenvalue weighted by molar-refractivity contribution is 0.297. The third kappa shape index (κ3) is 4.99. The molecule has 1 aromatic carbocycles. The minimum absolute atomic E-state index is 0.585. The van der Waals surface area contributed by atoms with Gasteiger partial charge in [-0.25, -0.2) is 0 Å². The van der Waals surface area contributed by atoms with Gasteiger partial charge < -0.3 is 5.32 Å². The van der Waals surface area contributed by atoms with Crippen LogP contribution in [-0.2, 0) is 6.42 Å². The van der Waals surface area contributed by atoms with Crippen LogP contribution in [0.15, 0.2) is 18.2 Å². The number of nitrogens with one attached hydrogen (secondary N) is 1. The summed E-state index contributed by atoms with van der Waals surface area (Å²) in [6.45, 7) is 14.8. The Morgan fingerprint density at radius 1 is 1.05 bits per heavy atom. The van der Waals surface area contributed by atoms with Crippen molar-refractivity contribution in [2.75, 3.05) is 6.54 Å². The zero-order chi connectivity index (χ0) is 14.4. The Hall–Kier alpha value is -0.820. The third-order valence-corrected chi connectivity index (χ3v) is 4.37. The monoisotopic (exact) mass is 261 g/mol. The summed E-state index contributed by atoms with van der Waals surface area (Å²) in [5.74, 6) is 1.43. The van der Waals surface area contributed by atoms with E-state index in [9.17, 15) is 0 Å². The lowest BCUT2D eigenvalue weighted by Gasteiger charge is -2.28. The Bertz CT molecular complexity index is 381. The van der Waals surface area contributed by atoms with E-state index in [1.807, 2.05) is 0 Å². The van der Waals surface area contributed by atoms with Gasteiger partial charge in [0.15, 0.2) is 0 Å². The Kier molecular flexibility index (Phi) is 6.57. The van der Waals surface area contributed by atoms with Gasteiger partial charge in [0, 0.05) is 6.04 Å². The van der Waals surface area contributed by atoms with Gasteiger partial charge in [0.25, 0.3) is 0 Å². The third-order valence-electron chi connectivity index (χ3n) is 4.37. The van der Waals surface area contributed by atoms with E-state index in [1.165, 1.54) is 23.1 Å². The molecule has 0 radical (unpaired) electrons. The minimum Gasteiger partial charge on any atom is -0.313 e. The van der Waals surface area contributed by atoms with Gasteiger partial charge in [0.2, 0.25) is 0 Å². The van der Waals surface area contributed by atoms with E-state index >= 15 is 0 Å². The van der Waals surface area contributed by atoms with Crippen molar-refractivity contribution in [2.45, 2.75) is 60.4 Å². The van der Waals surface area contributed by atoms with Crippen molar-refractivity contribution >= 4 is 0 Å². The van der Waals surface area contributed by atoms with Crippen LogP contribution < -0.4 is 5.32 Å². The largest absolute Gasteiger partial charge is 0.313 e. The standard InChI is InChI=1S/C18H31N/c1-7-10-19-18(16(6)13(2)3)12-17-9-8-14(4)15(5)11-17/h8-9,11,13,16,18-19H,7,10,12H2,1-6H3. The van der Waals surface area contributed by atoms with Gasteiger partial charge in [-0.1, -0.05) is 45.9 Å². The summed E-state index contributed by atoms with van der Waals surface area (Å²) in [7, 11) is 0. The average molecular weight is 261 g/mol. The molecule has 1 N–H and O–H groups in total. The van der Waals surface area contributed by atoms with Crippen molar-refractivity contribution in [3.8, 4) is 0 Å². The highest BCUT2D eigenvalue weighted by atomic mass is 14.9. The maximum Gasteiger partial charge on any atom is 0.0135 e. The molecule has 19 heavy (non-hydrogen) atoms. The maximum atomic E-state index is 3.73. The Morgan fingerprint density at radius 3 is 2.26 bits per heavy atom. The second kappa shape index (κ2) is 7.69. The van der Waals surface area contributed by atoms with Crippen molar-refractivity contribution < 1.29 is 0 Å². The molecule has 0 bridgehead atoms. The van der Waals surface area contributed by atoms with E-state index in [0.29, 0.717) is 12.0 Å². The molecule has 1 heteroatoms. The molecule has 0 heterocycles. The van der Waals surface area contributed by atoms with E-state index < -0.39 is 0 Å². The summed E-state index contributed by atoms with van der Waals surface area (Å²) in [5.41, 5.74) is 4.26. The molecular weight excluding hydrogens is 230 g/mol. The Labute approximate surface area is 119 Å². The molecule has 108 valence electrons. The molecule has 0 saturated heterocycles. The van der Waals surface area contributed by atoms with E-state index in [-0.39, 0.29) is 0 Å². The average Bonchev–Trinajstić information content (AvgIpc) is 2.37. The molecule has 0 spiro atoms. The van der Waals surface area contributed by atoms with E-state index in [2.05, 4.69) is 65.1 Å². The molecule has 0 aromatic heterocycles. The molecule has 0 aliphatic carbocycles. The summed E-state index contributed by atoms with van der Waals surface area (Å²) in [6, 6.07) is 7.47. The van der Waals surface area contributed by atoms with E-state index in [0.717, 1.165) is 18.9 Å². The molecule has 0 aliphatic rings. The molecule has 1 nitrogen and oxygen atoms in total. The number of rotatable bonds is 7. The second-order valence-electron chi connectivity index (χ2n) is 6.29. The van der Waals surface area contributed by atoms with Crippen molar-refractivity contribution in [2.24, 2.45) is 11.8 Å². The molecule has 0 amide bonds. The van der Waals surface area contributed by atoms with Crippen LogP contribution in [-0.4, -0.2) is 12.6 Å². The predicted octanol–water partition coefficient (Wildman–Crippen LogP) is 4.51. The Morgan fingerprint density at radius 2 is 1.74 bits per heavy atom. The van der Waals surface area contributed by atoms with Crippen LogP contribution in [0.5, 0.6) is 0 Å². The molecule has 1 aromatic rings. The second-order valence-corrected chi connectivity index (χ2v) is 6.29. The van der Waals surface area contributed by atoms with Crippen LogP contribution >= 0.6 is 0 Å². The molecule has 0 saturated carbocycles. The molecule has 0 fully saturated rings. The van der Waals surface area contributed by atoms with Gasteiger partial charge in [-0.15, -0.1) is 0 Å². The SMILES string of the molecule is CCCNC(Cc1ccc(C)c(C)c1)C(C)C(C)C. The number of benzene rings is 1. The van der Waals surface area contributed by atoms with Gasteiger partial charge in [-0.05, 0) is 61.8 Å². The van der Waals surface area contributed by atoms with Crippen molar-refractivity contribution in [3.05, 3.63) is 34.9 Å². The van der Waals surface area contributed by atoms with Crippen LogP contribution in [0, 0.1) is 25.7 Å². The first-order valence-electron chi connectivity index (χ1n) is 7.75. The summed E-state index contributed by atoms with van der Waals surface area (Å²) in [4.78, 5) is 0. The minimum atomic E-state index is 0.585. The highest BCUT2D eigenvalue weighted by Crippen LogP contribution is 2.19. The lowest BCUT2D eigenvalue weighted by atomic mass is 9.86. The van der Waals surface area contributed by atoms with Gasteiger partial charge in [0.1, 0.15) is 0 Å². The summed E-state index contributed by atoms with van der Waals surface area (Å²) in [5, 5.41) is 3.73. The van der Waals surface area contributed by atoms with Crippen LogP contribution in [0.3, 0.4) is 0 Å². The zero-order valence-corrected chi connectivity index (χ0v) is 13.6. The molecular formula is C18H31N. The summed E-state index contributed by atoms with van der Waals surface area (Å²) in [6.07, 6.45) is 2.34. The summed E-state index contributed by atoms with van der Waals surface area (Å²) < 4.78 is 0. The maximum absolute atomic E-state index is 3.73. The number of hydrogen-bond donors (Lipinski definition) is 1. The smallest absolute Gasteiger partial charge is 0.0135 e. The molecule has 2 unspecified atom stereocenters. The zero-order valence-electron chi connectivity index (χ0n) is 13.6. The van der Waals surface area contributed by atoms with Gasteiger partial charge >= 0.3 is 0 Å².